The van der Waals surface area contributed by atoms with E-state index < -0.39 is 30.5 Å². The number of hydrogen-bond donors (Lipinski definition) is 6. The number of rotatable bonds is 14. The molecule has 3 aromatic carbocycles. The highest BCUT2D eigenvalue weighted by molar-refractivity contribution is 5.83. The van der Waals surface area contributed by atoms with E-state index >= 15 is 0 Å². The summed E-state index contributed by atoms with van der Waals surface area (Å²) in [6.45, 7) is 2.70. The molecule has 10 nitrogen and oxygen atoms in total. The molecule has 7 rings (SSSR count). The molecule has 0 spiro atoms. The van der Waals surface area contributed by atoms with Gasteiger partial charge in [-0.2, -0.15) is 0 Å². The minimum absolute atomic E-state index is 0.00350. The van der Waals surface area contributed by atoms with Crippen molar-refractivity contribution in [1.29, 1.82) is 0 Å². The molecule has 4 heterocycles. The van der Waals surface area contributed by atoms with Crippen LogP contribution in [0, 0.1) is 29.8 Å². The molecular weight excluding hydrogens is 705 g/mol. The summed E-state index contributed by atoms with van der Waals surface area (Å²) in [7, 11) is 0. The van der Waals surface area contributed by atoms with Gasteiger partial charge in [0.1, 0.15) is 18.0 Å². The van der Waals surface area contributed by atoms with Crippen molar-refractivity contribution >= 4 is 16.7 Å². The van der Waals surface area contributed by atoms with Gasteiger partial charge >= 0.3 is 0 Å². The predicted molar refractivity (Wildman–Crippen MR) is 215 cm³/mol. The molecule has 290 valence electrons. The first-order valence-electron chi connectivity index (χ1n) is 19.6. The maximum absolute atomic E-state index is 12.8. The van der Waals surface area contributed by atoms with Gasteiger partial charge in [0.25, 0.3) is 0 Å². The Morgan fingerprint density at radius 1 is 1.00 bits per heavy atom. The zero-order valence-corrected chi connectivity index (χ0v) is 31.7. The molecular formula is C46H50N4O6. The van der Waals surface area contributed by atoms with Crippen molar-refractivity contribution in [3.8, 4) is 35.4 Å². The van der Waals surface area contributed by atoms with E-state index in [4.69, 9.17) is 15.2 Å². The molecule has 2 aromatic heterocycles. The van der Waals surface area contributed by atoms with Crippen LogP contribution in [0.5, 0.6) is 11.5 Å². The number of Topliss-reactive ketones (excluding diaryl/α,β-unsaturated/α-hetero) is 1. The van der Waals surface area contributed by atoms with Gasteiger partial charge in [-0.05, 0) is 71.2 Å². The second-order valence-electron chi connectivity index (χ2n) is 14.9. The van der Waals surface area contributed by atoms with Crippen LogP contribution >= 0.6 is 0 Å². The summed E-state index contributed by atoms with van der Waals surface area (Å²) in [5, 5.41) is 36.4. The number of fused-ring (bicyclic) bond motifs is 5. The topological polar surface area (TPSA) is 155 Å². The number of aliphatic hydroxyl groups is 3. The van der Waals surface area contributed by atoms with Gasteiger partial charge < -0.3 is 40.1 Å². The lowest BCUT2D eigenvalue weighted by Gasteiger charge is -2.26. The van der Waals surface area contributed by atoms with Crippen LogP contribution in [0.3, 0.4) is 0 Å². The Morgan fingerprint density at radius 3 is 2.70 bits per heavy atom. The van der Waals surface area contributed by atoms with Gasteiger partial charge in [-0.1, -0.05) is 85.7 Å². The van der Waals surface area contributed by atoms with E-state index in [0.717, 1.165) is 58.1 Å². The second-order valence-corrected chi connectivity index (χ2v) is 14.9. The number of aromatic amines is 1. The Balaban J connectivity index is 1.12. The van der Waals surface area contributed by atoms with Crippen LogP contribution in [0.4, 0.5) is 0 Å². The summed E-state index contributed by atoms with van der Waals surface area (Å²) in [4.78, 5) is 16.2. The summed E-state index contributed by atoms with van der Waals surface area (Å²) >= 11 is 0. The number of H-pyrrole nitrogens is 1. The minimum atomic E-state index is -1.06. The summed E-state index contributed by atoms with van der Waals surface area (Å²) in [5.41, 5.74) is 13.3. The van der Waals surface area contributed by atoms with E-state index in [1.165, 1.54) is 5.56 Å². The quantitative estimate of drug-likeness (QED) is 0.0584. The van der Waals surface area contributed by atoms with Crippen molar-refractivity contribution in [2.24, 2.45) is 11.7 Å². The van der Waals surface area contributed by atoms with E-state index in [2.05, 4.69) is 58.6 Å². The fourth-order valence-electron chi connectivity index (χ4n) is 7.55. The van der Waals surface area contributed by atoms with Gasteiger partial charge in [-0.15, -0.1) is 0 Å². The minimum Gasteiger partial charge on any atom is -0.465 e. The van der Waals surface area contributed by atoms with Crippen molar-refractivity contribution in [3.63, 3.8) is 0 Å². The number of nitrogens with zero attached hydrogens (tertiary/aromatic N) is 1. The van der Waals surface area contributed by atoms with Crippen LogP contribution < -0.4 is 20.5 Å². The normalized spacial score (nSPS) is 18.9. The van der Waals surface area contributed by atoms with Crippen molar-refractivity contribution < 1.29 is 29.6 Å². The predicted octanol–water partition coefficient (Wildman–Crippen LogP) is 6.14. The van der Waals surface area contributed by atoms with Crippen molar-refractivity contribution in [3.05, 3.63) is 119 Å². The zero-order valence-electron chi connectivity index (χ0n) is 31.7. The van der Waals surface area contributed by atoms with E-state index in [1.807, 2.05) is 66.3 Å². The van der Waals surface area contributed by atoms with Crippen LogP contribution in [-0.4, -0.2) is 49.4 Å². The third kappa shape index (κ3) is 9.54. The number of ether oxygens (including phenoxy) is 2. The van der Waals surface area contributed by atoms with E-state index in [-0.39, 0.29) is 31.2 Å². The van der Waals surface area contributed by atoms with Gasteiger partial charge in [0.2, 0.25) is 0 Å². The number of nitrogens with two attached hydrogens (primary N) is 1. The van der Waals surface area contributed by atoms with E-state index in [0.29, 0.717) is 37.2 Å². The highest BCUT2D eigenvalue weighted by atomic mass is 16.5. The summed E-state index contributed by atoms with van der Waals surface area (Å²) in [6.07, 6.45) is 9.36. The summed E-state index contributed by atoms with van der Waals surface area (Å²) in [6, 6.07) is 21.8. The molecule has 6 atom stereocenters. The molecule has 5 aromatic rings. The first-order chi connectivity index (χ1) is 27.2. The highest BCUT2D eigenvalue weighted by Gasteiger charge is 2.28. The molecule has 0 amide bonds. The fraction of sp³-hybridized carbons (Fsp3) is 0.370. The number of carbonyl (C=O) groups is 1. The van der Waals surface area contributed by atoms with Crippen molar-refractivity contribution in [2.75, 3.05) is 6.54 Å². The van der Waals surface area contributed by atoms with Crippen LogP contribution in [0.15, 0.2) is 85.3 Å². The molecule has 2 bridgehead atoms. The molecule has 10 heteroatoms. The second kappa shape index (κ2) is 18.1. The van der Waals surface area contributed by atoms with Gasteiger partial charge in [0, 0.05) is 56.2 Å². The van der Waals surface area contributed by atoms with Crippen molar-refractivity contribution in [2.45, 2.75) is 95.4 Å². The van der Waals surface area contributed by atoms with Crippen LogP contribution in [-0.2, 0) is 24.1 Å². The van der Waals surface area contributed by atoms with E-state index in [9.17, 15) is 20.1 Å². The number of carbonyl (C=O) groups excluding carboxylic acids is 1. The first kappa shape index (κ1) is 38.9. The van der Waals surface area contributed by atoms with Crippen molar-refractivity contribution in [1.82, 2.24) is 14.9 Å². The Hall–Kier alpha value is -5.33. The molecule has 56 heavy (non-hydrogen) atoms. The van der Waals surface area contributed by atoms with Gasteiger partial charge in [-0.3, -0.25) is 10.1 Å². The van der Waals surface area contributed by atoms with Crippen LogP contribution in [0.25, 0.3) is 10.9 Å². The smallest absolute Gasteiger partial charge is 0.190 e. The Kier molecular flexibility index (Phi) is 12.6. The third-order valence-electron chi connectivity index (χ3n) is 10.6. The third-order valence-corrected chi connectivity index (χ3v) is 10.6. The van der Waals surface area contributed by atoms with Gasteiger partial charge in [-0.25, -0.2) is 0 Å². The van der Waals surface area contributed by atoms with Gasteiger partial charge in [0.05, 0.1) is 29.8 Å². The molecule has 2 aliphatic rings. The van der Waals surface area contributed by atoms with Gasteiger partial charge in [0.15, 0.2) is 17.7 Å². The monoisotopic (exact) mass is 754 g/mol. The Morgan fingerprint density at radius 2 is 1.86 bits per heavy atom. The molecule has 0 saturated carbocycles. The highest BCUT2D eigenvalue weighted by Crippen LogP contribution is 2.37. The number of benzene rings is 3. The Bertz CT molecular complexity index is 2260. The summed E-state index contributed by atoms with van der Waals surface area (Å²) < 4.78 is 14.6. The first-order valence-corrected chi connectivity index (χ1v) is 19.6. The maximum Gasteiger partial charge on any atom is 0.190 e. The molecule has 0 aliphatic carbocycles. The number of nitrogens with one attached hydrogen (secondary N) is 2. The number of aryl methyl sites for hydroxylation is 1. The molecule has 0 unspecified atom stereocenters. The van der Waals surface area contributed by atoms with E-state index in [1.54, 1.807) is 6.07 Å². The largest absolute Gasteiger partial charge is 0.465 e. The molecule has 0 saturated heterocycles. The summed E-state index contributed by atoms with van der Waals surface area (Å²) in [5.74, 6) is 9.93. The lowest BCUT2D eigenvalue weighted by Crippen LogP contribution is -2.30. The average molecular weight is 755 g/mol. The average Bonchev–Trinajstić information content (AvgIpc) is 3.79. The maximum atomic E-state index is 12.8. The standard InChI is InChI=1S/C46H50N4O6/c1-2-7-36(51)25-38(53)26-37(52)15-11-31-12-18-43-44(22-31)56-46-32(10-6-21-55-43)14-17-42(54)39-16-13-33(45(47)48-20-19-30-8-4-3-5-9-30)23-34(39)24-35-27-49-41-29-50(46)28-40(35)41/h3-5,8-9,12-13,16,18,22-23,27-29,32,36,38,42,45-46,48-49,51,53-54H,2,7,10-11,15,19-20,24-26,47H2,1H3/t32-,36-,38+,42+,45+,46-/m0/s1. The lowest BCUT2D eigenvalue weighted by atomic mass is 9.93. The molecule has 0 radical (unpaired) electrons. The lowest BCUT2D eigenvalue weighted by molar-refractivity contribution is -0.121. The SMILES string of the molecule is CCC[C@H](O)C[C@@H](O)CC(=O)CCc1ccc2c(c1)O[C@H]1[C@H](C#C[C@@H](O)c3ccc([C@H](N)NCCc4ccccc4)cc3Cc3c[nH]c4cn1cc34)CC#CO2. The number of ketones is 1. The number of aromatic nitrogens is 2. The van der Waals surface area contributed by atoms with Crippen LogP contribution in [0.2, 0.25) is 0 Å². The Labute approximate surface area is 328 Å². The molecule has 2 aliphatic heterocycles. The molecule has 7 N–H and O–H groups in total. The van der Waals surface area contributed by atoms with Crippen LogP contribution in [0.1, 0.15) is 97.3 Å². The fourth-order valence-corrected chi connectivity index (χ4v) is 7.55. The molecule has 0 fully saturated rings. The number of hydrogen-bond acceptors (Lipinski definition) is 8. The zero-order chi connectivity index (χ0) is 39.0. The number of aliphatic hydroxyl groups excluding tert-OH is 3.